The van der Waals surface area contributed by atoms with Gasteiger partial charge in [0.15, 0.2) is 0 Å². The number of nitrogens with one attached hydrogen (secondary N) is 2. The third kappa shape index (κ3) is 2.52. The molecule has 1 aromatic carbocycles. The van der Waals surface area contributed by atoms with Crippen molar-refractivity contribution in [3.8, 4) is 0 Å². The summed E-state index contributed by atoms with van der Waals surface area (Å²) in [4.78, 5) is 33.8. The van der Waals surface area contributed by atoms with Crippen LogP contribution in [0.1, 0.15) is 5.56 Å². The number of rotatable bonds is 1. The fraction of sp³-hybridized carbons (Fsp3) is 0. The zero-order valence-corrected chi connectivity index (χ0v) is 10.3. The summed E-state index contributed by atoms with van der Waals surface area (Å²) in [6.07, 6.45) is 1.32. The van der Waals surface area contributed by atoms with Gasteiger partial charge >= 0.3 is 6.03 Å². The van der Waals surface area contributed by atoms with Crippen LogP contribution >= 0.6 is 23.2 Å². The standard InChI is InChI=1S/C11H6Cl2N2O3/c12-7-2-1-5(4-8(7)13)3-6-9(16)14-11(18)15-10(6)17/h1-4H,(H2,14,15,16,17,18). The number of imide groups is 2. The summed E-state index contributed by atoms with van der Waals surface area (Å²) in [5.74, 6) is -1.51. The first-order chi connectivity index (χ1) is 8.47. The van der Waals surface area contributed by atoms with Crippen LogP contribution in [-0.4, -0.2) is 17.8 Å². The molecule has 0 radical (unpaired) electrons. The summed E-state index contributed by atoms with van der Waals surface area (Å²) < 4.78 is 0. The number of hydrogen-bond acceptors (Lipinski definition) is 3. The molecule has 0 spiro atoms. The Morgan fingerprint density at radius 1 is 0.944 bits per heavy atom. The Hall–Kier alpha value is -1.85. The van der Waals surface area contributed by atoms with Crippen molar-refractivity contribution in [1.82, 2.24) is 10.6 Å². The maximum Gasteiger partial charge on any atom is 0.328 e. The second-order valence-electron chi connectivity index (χ2n) is 3.47. The van der Waals surface area contributed by atoms with E-state index in [1.807, 2.05) is 10.6 Å². The number of barbiturate groups is 1. The molecule has 0 aliphatic carbocycles. The van der Waals surface area contributed by atoms with E-state index < -0.39 is 17.8 Å². The molecule has 1 fully saturated rings. The molecule has 0 aromatic heterocycles. The lowest BCUT2D eigenvalue weighted by Crippen LogP contribution is -2.51. The molecule has 92 valence electrons. The predicted molar refractivity (Wildman–Crippen MR) is 66.1 cm³/mol. The molecule has 5 nitrogen and oxygen atoms in total. The van der Waals surface area contributed by atoms with Gasteiger partial charge in [0.05, 0.1) is 10.0 Å². The average Bonchev–Trinajstić information content (AvgIpc) is 2.28. The van der Waals surface area contributed by atoms with E-state index in [9.17, 15) is 14.4 Å². The summed E-state index contributed by atoms with van der Waals surface area (Å²) in [6, 6.07) is 3.81. The van der Waals surface area contributed by atoms with Crippen LogP contribution in [0.2, 0.25) is 10.0 Å². The summed E-state index contributed by atoms with van der Waals surface area (Å²) in [6.45, 7) is 0. The number of hydrogen-bond donors (Lipinski definition) is 2. The zero-order chi connectivity index (χ0) is 13.3. The molecule has 1 aliphatic rings. The van der Waals surface area contributed by atoms with Crippen LogP contribution in [0.25, 0.3) is 6.08 Å². The van der Waals surface area contributed by atoms with Crippen molar-refractivity contribution in [3.05, 3.63) is 39.4 Å². The molecular formula is C11H6Cl2N2O3. The van der Waals surface area contributed by atoms with Crippen LogP contribution in [0, 0.1) is 0 Å². The molecule has 1 saturated heterocycles. The fourth-order valence-corrected chi connectivity index (χ4v) is 1.68. The van der Waals surface area contributed by atoms with Gasteiger partial charge in [-0.25, -0.2) is 4.79 Å². The fourth-order valence-electron chi connectivity index (χ4n) is 1.38. The van der Waals surface area contributed by atoms with E-state index in [0.29, 0.717) is 15.6 Å². The minimum Gasteiger partial charge on any atom is -0.273 e. The Balaban J connectivity index is 2.37. The maximum absolute atomic E-state index is 11.5. The third-order valence-corrected chi connectivity index (χ3v) is 2.94. The van der Waals surface area contributed by atoms with Crippen molar-refractivity contribution in [2.45, 2.75) is 0 Å². The van der Waals surface area contributed by atoms with E-state index >= 15 is 0 Å². The molecule has 18 heavy (non-hydrogen) atoms. The number of urea groups is 1. The first-order valence-corrected chi connectivity index (χ1v) is 5.56. The highest BCUT2D eigenvalue weighted by molar-refractivity contribution is 6.42. The van der Waals surface area contributed by atoms with Gasteiger partial charge in [-0.1, -0.05) is 29.3 Å². The van der Waals surface area contributed by atoms with E-state index in [2.05, 4.69) is 0 Å². The van der Waals surface area contributed by atoms with Crippen molar-refractivity contribution >= 4 is 47.1 Å². The van der Waals surface area contributed by atoms with Gasteiger partial charge in [-0.15, -0.1) is 0 Å². The molecule has 1 aliphatic heterocycles. The molecule has 7 heteroatoms. The molecule has 0 bridgehead atoms. The van der Waals surface area contributed by atoms with Crippen molar-refractivity contribution in [1.29, 1.82) is 0 Å². The Labute approximate surface area is 112 Å². The molecule has 1 heterocycles. The Morgan fingerprint density at radius 2 is 1.56 bits per heavy atom. The number of benzene rings is 1. The summed E-state index contributed by atoms with van der Waals surface area (Å²) in [5, 5.41) is 4.61. The van der Waals surface area contributed by atoms with E-state index in [4.69, 9.17) is 23.2 Å². The molecule has 0 saturated carbocycles. The monoisotopic (exact) mass is 284 g/mol. The Morgan fingerprint density at radius 3 is 2.11 bits per heavy atom. The Kier molecular flexibility index (Phi) is 3.36. The number of halogens is 2. The number of amides is 4. The van der Waals surface area contributed by atoms with Gasteiger partial charge in [0.1, 0.15) is 5.57 Å². The minimum absolute atomic E-state index is 0.173. The molecule has 0 unspecified atom stereocenters. The highest BCUT2D eigenvalue weighted by Gasteiger charge is 2.27. The number of carbonyl (C=O) groups is 3. The Bertz CT molecular complexity index is 574. The summed E-state index contributed by atoms with van der Waals surface area (Å²) in [5.41, 5.74) is 0.354. The van der Waals surface area contributed by atoms with Gasteiger partial charge in [0.25, 0.3) is 11.8 Å². The van der Waals surface area contributed by atoms with E-state index in [0.717, 1.165) is 0 Å². The second kappa shape index (κ2) is 4.80. The molecule has 4 amide bonds. The van der Waals surface area contributed by atoms with Gasteiger partial charge in [-0.3, -0.25) is 20.2 Å². The SMILES string of the molecule is O=C1NC(=O)C(=Cc2ccc(Cl)c(Cl)c2)C(=O)N1. The van der Waals surface area contributed by atoms with Crippen molar-refractivity contribution in [3.63, 3.8) is 0 Å². The highest BCUT2D eigenvalue weighted by Crippen LogP contribution is 2.23. The molecule has 2 N–H and O–H groups in total. The van der Waals surface area contributed by atoms with Crippen molar-refractivity contribution < 1.29 is 14.4 Å². The topological polar surface area (TPSA) is 75.3 Å². The summed E-state index contributed by atoms with van der Waals surface area (Å²) >= 11 is 11.6. The van der Waals surface area contributed by atoms with Crippen LogP contribution in [-0.2, 0) is 9.59 Å². The number of carbonyl (C=O) groups excluding carboxylic acids is 3. The van der Waals surface area contributed by atoms with E-state index in [1.54, 1.807) is 12.1 Å². The van der Waals surface area contributed by atoms with Crippen LogP contribution in [0.4, 0.5) is 4.79 Å². The van der Waals surface area contributed by atoms with Gasteiger partial charge in [-0.2, -0.15) is 0 Å². The highest BCUT2D eigenvalue weighted by atomic mass is 35.5. The van der Waals surface area contributed by atoms with E-state index in [1.165, 1.54) is 12.1 Å². The molecule has 0 atom stereocenters. The van der Waals surface area contributed by atoms with Gasteiger partial charge < -0.3 is 0 Å². The van der Waals surface area contributed by atoms with Gasteiger partial charge in [0, 0.05) is 0 Å². The molecule has 2 rings (SSSR count). The van der Waals surface area contributed by atoms with Gasteiger partial charge in [-0.05, 0) is 23.8 Å². The van der Waals surface area contributed by atoms with Crippen molar-refractivity contribution in [2.75, 3.05) is 0 Å². The maximum atomic E-state index is 11.5. The smallest absolute Gasteiger partial charge is 0.273 e. The predicted octanol–water partition coefficient (Wildman–Crippen LogP) is 1.74. The van der Waals surface area contributed by atoms with Crippen LogP contribution in [0.15, 0.2) is 23.8 Å². The lowest BCUT2D eigenvalue weighted by molar-refractivity contribution is -0.123. The average molecular weight is 285 g/mol. The van der Waals surface area contributed by atoms with Crippen LogP contribution < -0.4 is 10.6 Å². The lowest BCUT2D eigenvalue weighted by Gasteiger charge is -2.13. The first kappa shape index (κ1) is 12.6. The minimum atomic E-state index is -0.837. The van der Waals surface area contributed by atoms with Gasteiger partial charge in [0.2, 0.25) is 0 Å². The van der Waals surface area contributed by atoms with E-state index in [-0.39, 0.29) is 5.57 Å². The summed E-state index contributed by atoms with van der Waals surface area (Å²) in [7, 11) is 0. The molecule has 1 aromatic rings. The van der Waals surface area contributed by atoms with Crippen molar-refractivity contribution in [2.24, 2.45) is 0 Å². The molecular weight excluding hydrogens is 279 g/mol. The normalized spacial score (nSPS) is 15.2. The largest absolute Gasteiger partial charge is 0.328 e. The quantitative estimate of drug-likeness (QED) is 0.609. The third-order valence-electron chi connectivity index (χ3n) is 2.20. The first-order valence-electron chi connectivity index (χ1n) is 4.81. The lowest BCUT2D eigenvalue weighted by atomic mass is 10.1. The van der Waals surface area contributed by atoms with Crippen LogP contribution in [0.3, 0.4) is 0 Å². The second-order valence-corrected chi connectivity index (χ2v) is 4.28. The zero-order valence-electron chi connectivity index (χ0n) is 8.79. The van der Waals surface area contributed by atoms with Crippen LogP contribution in [0.5, 0.6) is 0 Å².